The Morgan fingerprint density at radius 3 is 2.42 bits per heavy atom. The molecule has 0 bridgehead atoms. The molecule has 0 spiro atoms. The number of amides is 1. The number of hydrogen-bond donors (Lipinski definition) is 1. The molecule has 1 saturated heterocycles. The summed E-state index contributed by atoms with van der Waals surface area (Å²) in [5.41, 5.74) is 0.801. The van der Waals surface area contributed by atoms with E-state index in [2.05, 4.69) is 6.92 Å². The van der Waals surface area contributed by atoms with Crippen molar-refractivity contribution in [3.63, 3.8) is 0 Å². The van der Waals surface area contributed by atoms with Crippen LogP contribution in [0.25, 0.3) is 0 Å². The molecule has 1 aromatic carbocycles. The quantitative estimate of drug-likeness (QED) is 0.830. The Hall–Kier alpha value is -1.91. The van der Waals surface area contributed by atoms with Crippen LogP contribution in [0.15, 0.2) is 24.3 Å². The first-order chi connectivity index (χ1) is 11.5. The largest absolute Gasteiger partial charge is 0.481 e. The van der Waals surface area contributed by atoms with Gasteiger partial charge < -0.3 is 10.0 Å². The third kappa shape index (κ3) is 5.05. The third-order valence-electron chi connectivity index (χ3n) is 4.92. The van der Waals surface area contributed by atoms with Crippen molar-refractivity contribution in [1.82, 2.24) is 4.90 Å². The molecule has 24 heavy (non-hydrogen) atoms. The lowest BCUT2D eigenvalue weighted by Gasteiger charge is -2.34. The number of carboxylic acids is 1. The molecule has 1 aromatic rings. The maximum Gasteiger partial charge on any atom is 0.306 e. The van der Waals surface area contributed by atoms with Gasteiger partial charge in [0.15, 0.2) is 0 Å². The number of rotatable bonds is 7. The summed E-state index contributed by atoms with van der Waals surface area (Å²) in [6.45, 7) is 3.29. The Morgan fingerprint density at radius 2 is 1.88 bits per heavy atom. The molecule has 1 atom stereocenters. The van der Waals surface area contributed by atoms with Crippen molar-refractivity contribution >= 4 is 11.9 Å². The summed E-state index contributed by atoms with van der Waals surface area (Å²) in [5.74, 6) is -1.12. The van der Waals surface area contributed by atoms with E-state index in [4.69, 9.17) is 0 Å². The fourth-order valence-electron chi connectivity index (χ4n) is 3.42. The number of carbonyl (C=O) groups is 2. The van der Waals surface area contributed by atoms with Crippen molar-refractivity contribution in [2.45, 2.75) is 45.4 Å². The third-order valence-corrected chi connectivity index (χ3v) is 4.92. The highest BCUT2D eigenvalue weighted by molar-refractivity contribution is 5.79. The van der Waals surface area contributed by atoms with Gasteiger partial charge in [0.1, 0.15) is 5.82 Å². The lowest BCUT2D eigenvalue weighted by Crippen LogP contribution is -2.42. The van der Waals surface area contributed by atoms with Gasteiger partial charge in [0.25, 0.3) is 0 Å². The molecule has 1 amide bonds. The van der Waals surface area contributed by atoms with Crippen molar-refractivity contribution < 1.29 is 19.1 Å². The van der Waals surface area contributed by atoms with Crippen LogP contribution >= 0.6 is 0 Å². The van der Waals surface area contributed by atoms with E-state index in [9.17, 15) is 19.1 Å². The highest BCUT2D eigenvalue weighted by atomic mass is 19.1. The zero-order valence-corrected chi connectivity index (χ0v) is 14.2. The molecule has 5 heteroatoms. The number of likely N-dealkylation sites (tertiary alicyclic amines) is 1. The highest BCUT2D eigenvalue weighted by Crippen LogP contribution is 2.29. The second-order valence-corrected chi connectivity index (χ2v) is 6.61. The number of benzene rings is 1. The molecule has 2 rings (SSSR count). The van der Waals surface area contributed by atoms with Crippen molar-refractivity contribution in [3.8, 4) is 0 Å². The minimum Gasteiger partial charge on any atom is -0.481 e. The van der Waals surface area contributed by atoms with Gasteiger partial charge >= 0.3 is 5.97 Å². The zero-order chi connectivity index (χ0) is 17.5. The van der Waals surface area contributed by atoms with Gasteiger partial charge in [-0.15, -0.1) is 0 Å². The summed E-state index contributed by atoms with van der Waals surface area (Å²) in [6.07, 6.45) is 4.41. The summed E-state index contributed by atoms with van der Waals surface area (Å²) in [5, 5.41) is 9.43. The van der Waals surface area contributed by atoms with Gasteiger partial charge in [-0.05, 0) is 42.9 Å². The smallest absolute Gasteiger partial charge is 0.306 e. The minimum absolute atomic E-state index is 0.0282. The van der Waals surface area contributed by atoms with Gasteiger partial charge in [-0.2, -0.15) is 0 Å². The molecule has 132 valence electrons. The number of carbonyl (C=O) groups excluding carboxylic acids is 1. The molecule has 1 aliphatic heterocycles. The molecule has 1 N–H and O–H groups in total. The van der Waals surface area contributed by atoms with Crippen LogP contribution in [0, 0.1) is 17.7 Å². The van der Waals surface area contributed by atoms with E-state index < -0.39 is 5.97 Å². The van der Waals surface area contributed by atoms with Crippen molar-refractivity contribution in [3.05, 3.63) is 35.6 Å². The average Bonchev–Trinajstić information content (AvgIpc) is 2.57. The molecule has 0 aliphatic carbocycles. The van der Waals surface area contributed by atoms with Crippen molar-refractivity contribution in [2.24, 2.45) is 11.8 Å². The summed E-state index contributed by atoms with van der Waals surface area (Å²) in [7, 11) is 0. The monoisotopic (exact) mass is 335 g/mol. The lowest BCUT2D eigenvalue weighted by atomic mass is 9.81. The molecule has 1 unspecified atom stereocenters. The normalized spacial score (nSPS) is 16.8. The summed E-state index contributed by atoms with van der Waals surface area (Å²) >= 11 is 0. The number of nitrogens with zero attached hydrogens (tertiary/aromatic N) is 1. The SMILES string of the molecule is CCCCC(C(=O)O)C1CCN(C(=O)Cc2ccc(F)cc2)CC1. The maximum absolute atomic E-state index is 12.9. The Bertz CT molecular complexity index is 550. The Morgan fingerprint density at radius 1 is 1.25 bits per heavy atom. The van der Waals surface area contributed by atoms with Crippen LogP contribution < -0.4 is 0 Å². The number of halogens is 1. The number of aliphatic carboxylic acids is 1. The highest BCUT2D eigenvalue weighted by Gasteiger charge is 2.32. The van der Waals surface area contributed by atoms with Crippen LogP contribution in [-0.4, -0.2) is 35.0 Å². The van der Waals surface area contributed by atoms with Crippen LogP contribution in [0.2, 0.25) is 0 Å². The molecule has 1 aliphatic rings. The zero-order valence-electron chi connectivity index (χ0n) is 14.2. The van der Waals surface area contributed by atoms with E-state index in [-0.39, 0.29) is 30.0 Å². The van der Waals surface area contributed by atoms with Gasteiger partial charge in [0.05, 0.1) is 12.3 Å². The van der Waals surface area contributed by atoms with E-state index in [0.717, 1.165) is 37.7 Å². The second kappa shape index (κ2) is 8.81. The molecule has 1 fully saturated rings. The number of hydrogen-bond acceptors (Lipinski definition) is 2. The Labute approximate surface area is 142 Å². The van der Waals surface area contributed by atoms with E-state index in [1.54, 1.807) is 17.0 Å². The van der Waals surface area contributed by atoms with E-state index >= 15 is 0 Å². The molecule has 4 nitrogen and oxygen atoms in total. The van der Waals surface area contributed by atoms with Gasteiger partial charge in [-0.25, -0.2) is 4.39 Å². The summed E-state index contributed by atoms with van der Waals surface area (Å²) in [4.78, 5) is 25.6. The fraction of sp³-hybridized carbons (Fsp3) is 0.579. The van der Waals surface area contributed by atoms with Gasteiger partial charge in [-0.3, -0.25) is 9.59 Å². The van der Waals surface area contributed by atoms with E-state index in [1.165, 1.54) is 12.1 Å². The molecular formula is C19H26FNO3. The minimum atomic E-state index is -0.709. The molecule has 0 radical (unpaired) electrons. The maximum atomic E-state index is 12.9. The predicted molar refractivity (Wildman–Crippen MR) is 90.1 cm³/mol. The molecule has 0 aromatic heterocycles. The van der Waals surface area contributed by atoms with Crippen LogP contribution in [-0.2, 0) is 16.0 Å². The van der Waals surface area contributed by atoms with Gasteiger partial charge in [0, 0.05) is 13.1 Å². The number of carboxylic acid groups (broad SMARTS) is 1. The second-order valence-electron chi connectivity index (χ2n) is 6.61. The molecule has 1 heterocycles. The topological polar surface area (TPSA) is 57.6 Å². The first-order valence-electron chi connectivity index (χ1n) is 8.76. The van der Waals surface area contributed by atoms with Crippen molar-refractivity contribution in [2.75, 3.05) is 13.1 Å². The predicted octanol–water partition coefficient (Wildman–Crippen LogP) is 3.50. The van der Waals surface area contributed by atoms with Gasteiger partial charge in [0.2, 0.25) is 5.91 Å². The van der Waals surface area contributed by atoms with Gasteiger partial charge in [-0.1, -0.05) is 31.9 Å². The van der Waals surface area contributed by atoms with E-state index in [1.807, 2.05) is 0 Å². The standard InChI is InChI=1S/C19H26FNO3/c1-2-3-4-17(19(23)24)15-9-11-21(12-10-15)18(22)13-14-5-7-16(20)8-6-14/h5-8,15,17H,2-4,9-13H2,1H3,(H,23,24). The average molecular weight is 335 g/mol. The lowest BCUT2D eigenvalue weighted by molar-refractivity contribution is -0.145. The molecule has 0 saturated carbocycles. The summed E-state index contributed by atoms with van der Waals surface area (Å²) < 4.78 is 12.9. The molecular weight excluding hydrogens is 309 g/mol. The Kier molecular flexibility index (Phi) is 6.76. The number of unbranched alkanes of at least 4 members (excludes halogenated alkanes) is 1. The van der Waals surface area contributed by atoms with Crippen LogP contribution in [0.3, 0.4) is 0 Å². The van der Waals surface area contributed by atoms with Crippen molar-refractivity contribution in [1.29, 1.82) is 0 Å². The van der Waals surface area contributed by atoms with E-state index in [0.29, 0.717) is 13.1 Å². The first-order valence-corrected chi connectivity index (χ1v) is 8.76. The summed E-state index contributed by atoms with van der Waals surface area (Å²) in [6, 6.07) is 5.98. The van der Waals surface area contributed by atoms with Crippen LogP contribution in [0.1, 0.15) is 44.6 Å². The number of piperidine rings is 1. The Balaban J connectivity index is 1.85. The fourth-order valence-corrected chi connectivity index (χ4v) is 3.42. The van der Waals surface area contributed by atoms with Crippen LogP contribution in [0.4, 0.5) is 4.39 Å². The first kappa shape index (κ1) is 18.4. The van der Waals surface area contributed by atoms with Crippen LogP contribution in [0.5, 0.6) is 0 Å².